The Kier molecular flexibility index (Phi) is 4.54. The summed E-state index contributed by atoms with van der Waals surface area (Å²) in [4.78, 5) is 23.6. The van der Waals surface area contributed by atoms with Crippen LogP contribution in [-0.2, 0) is 0 Å². The number of rotatable bonds is 4. The fourth-order valence-electron chi connectivity index (χ4n) is 2.37. The Bertz CT molecular complexity index is 906. The van der Waals surface area contributed by atoms with Crippen molar-refractivity contribution in [3.05, 3.63) is 72.3 Å². The van der Waals surface area contributed by atoms with Gasteiger partial charge in [-0.3, -0.25) is 10.1 Å². The van der Waals surface area contributed by atoms with Gasteiger partial charge >= 0.3 is 6.09 Å². The van der Waals surface area contributed by atoms with E-state index in [2.05, 4.69) is 5.32 Å². The summed E-state index contributed by atoms with van der Waals surface area (Å²) in [5.74, 6) is 0.252. The largest absolute Gasteiger partial charge is 0.417 e. The number of amides is 1. The summed E-state index contributed by atoms with van der Waals surface area (Å²) in [6.07, 6.45) is -0.623. The number of benzene rings is 3. The van der Waals surface area contributed by atoms with E-state index >= 15 is 0 Å². The van der Waals surface area contributed by atoms with E-state index in [1.54, 1.807) is 36.4 Å². The molecule has 0 aliphatic heterocycles. The molecule has 3 N–H and O–H groups in total. The SMILES string of the molecule is NCC(=O)c1cccc(NC(=O)Oc2ccc3ccccc3c2)c1. The molecule has 0 heterocycles. The predicted octanol–water partition coefficient (Wildman–Crippen LogP) is 3.59. The molecule has 0 fully saturated rings. The Labute approximate surface area is 139 Å². The molecule has 3 aromatic rings. The molecule has 0 unspecified atom stereocenters. The normalized spacial score (nSPS) is 10.4. The monoisotopic (exact) mass is 320 g/mol. The highest BCUT2D eigenvalue weighted by Gasteiger charge is 2.08. The van der Waals surface area contributed by atoms with Gasteiger partial charge in [-0.25, -0.2) is 4.79 Å². The van der Waals surface area contributed by atoms with E-state index in [9.17, 15) is 9.59 Å². The maximum atomic E-state index is 12.0. The van der Waals surface area contributed by atoms with Crippen LogP contribution in [0.15, 0.2) is 66.7 Å². The van der Waals surface area contributed by atoms with Crippen molar-refractivity contribution in [3.63, 3.8) is 0 Å². The summed E-state index contributed by atoms with van der Waals surface area (Å²) in [5, 5.41) is 4.66. The molecule has 5 nitrogen and oxygen atoms in total. The number of nitrogens with two attached hydrogens (primary N) is 1. The fraction of sp³-hybridized carbons (Fsp3) is 0.0526. The number of hydrogen-bond acceptors (Lipinski definition) is 4. The number of ketones is 1. The standard InChI is InChI=1S/C19H16N2O3/c20-12-18(22)15-6-3-7-16(10-15)21-19(23)24-17-9-8-13-4-1-2-5-14(13)11-17/h1-11H,12,20H2,(H,21,23). The first-order valence-electron chi connectivity index (χ1n) is 7.47. The van der Waals surface area contributed by atoms with E-state index in [1.807, 2.05) is 30.3 Å². The van der Waals surface area contributed by atoms with Crippen LogP contribution in [-0.4, -0.2) is 18.4 Å². The van der Waals surface area contributed by atoms with E-state index in [0.717, 1.165) is 10.8 Å². The molecule has 0 aromatic heterocycles. The van der Waals surface area contributed by atoms with Gasteiger partial charge in [-0.1, -0.05) is 42.5 Å². The highest BCUT2D eigenvalue weighted by Crippen LogP contribution is 2.21. The Morgan fingerprint density at radius 3 is 2.50 bits per heavy atom. The van der Waals surface area contributed by atoms with Gasteiger partial charge in [0.05, 0.1) is 6.54 Å². The Balaban J connectivity index is 1.71. The van der Waals surface area contributed by atoms with Gasteiger partial charge in [-0.2, -0.15) is 0 Å². The van der Waals surface area contributed by atoms with Gasteiger partial charge in [0.15, 0.2) is 5.78 Å². The van der Waals surface area contributed by atoms with Crippen molar-refractivity contribution in [3.8, 4) is 5.75 Å². The molecule has 0 aliphatic carbocycles. The lowest BCUT2D eigenvalue weighted by Crippen LogP contribution is -2.18. The first-order valence-corrected chi connectivity index (χ1v) is 7.47. The minimum absolute atomic E-state index is 0.0784. The maximum Gasteiger partial charge on any atom is 0.417 e. The van der Waals surface area contributed by atoms with Crippen LogP contribution in [0.25, 0.3) is 10.8 Å². The minimum Gasteiger partial charge on any atom is -0.410 e. The molecule has 5 heteroatoms. The molecule has 0 radical (unpaired) electrons. The first kappa shape index (κ1) is 15.7. The summed E-state index contributed by atoms with van der Waals surface area (Å²) in [6.45, 7) is -0.0784. The quantitative estimate of drug-likeness (QED) is 0.720. The Morgan fingerprint density at radius 2 is 1.71 bits per heavy atom. The Hall–Kier alpha value is -3.18. The number of anilines is 1. The lowest BCUT2D eigenvalue weighted by molar-refractivity contribution is 0.100. The second-order valence-corrected chi connectivity index (χ2v) is 5.23. The summed E-state index contributed by atoms with van der Waals surface area (Å²) in [5.41, 5.74) is 6.26. The molecule has 0 saturated carbocycles. The second-order valence-electron chi connectivity index (χ2n) is 5.23. The number of fused-ring (bicyclic) bond motifs is 1. The lowest BCUT2D eigenvalue weighted by Gasteiger charge is -2.08. The first-order chi connectivity index (χ1) is 11.7. The highest BCUT2D eigenvalue weighted by molar-refractivity contribution is 5.99. The molecule has 24 heavy (non-hydrogen) atoms. The van der Waals surface area contributed by atoms with Crippen molar-refractivity contribution >= 4 is 28.3 Å². The Morgan fingerprint density at radius 1 is 0.917 bits per heavy atom. The molecule has 0 atom stereocenters. The van der Waals surface area contributed by atoms with Crippen molar-refractivity contribution in [2.75, 3.05) is 11.9 Å². The maximum absolute atomic E-state index is 12.0. The van der Waals surface area contributed by atoms with Crippen LogP contribution in [0.3, 0.4) is 0 Å². The van der Waals surface area contributed by atoms with Gasteiger partial charge < -0.3 is 10.5 Å². The van der Waals surface area contributed by atoms with Crippen molar-refractivity contribution < 1.29 is 14.3 Å². The third-order valence-electron chi connectivity index (χ3n) is 3.55. The summed E-state index contributed by atoms with van der Waals surface area (Å²) < 4.78 is 5.29. The van der Waals surface area contributed by atoms with E-state index < -0.39 is 6.09 Å². The van der Waals surface area contributed by atoms with Gasteiger partial charge in [0.1, 0.15) is 5.75 Å². The molecule has 3 aromatic carbocycles. The molecule has 0 aliphatic rings. The second kappa shape index (κ2) is 6.93. The van der Waals surface area contributed by atoms with Crippen LogP contribution in [0.1, 0.15) is 10.4 Å². The highest BCUT2D eigenvalue weighted by atomic mass is 16.6. The summed E-state index contributed by atoms with van der Waals surface area (Å²) in [6, 6.07) is 19.8. The lowest BCUT2D eigenvalue weighted by atomic mass is 10.1. The summed E-state index contributed by atoms with van der Waals surface area (Å²) >= 11 is 0. The van der Waals surface area contributed by atoms with E-state index in [-0.39, 0.29) is 12.3 Å². The van der Waals surface area contributed by atoms with Gasteiger partial charge in [0.25, 0.3) is 0 Å². The number of nitrogens with one attached hydrogen (secondary N) is 1. The molecule has 0 saturated heterocycles. The van der Waals surface area contributed by atoms with Gasteiger partial charge in [-0.05, 0) is 35.0 Å². The van der Waals surface area contributed by atoms with Crippen LogP contribution in [0, 0.1) is 0 Å². The van der Waals surface area contributed by atoms with E-state index in [4.69, 9.17) is 10.5 Å². The van der Waals surface area contributed by atoms with Crippen LogP contribution in [0.2, 0.25) is 0 Å². The number of carbonyl (C=O) groups is 2. The average Bonchev–Trinajstić information content (AvgIpc) is 2.61. The number of carbonyl (C=O) groups excluding carboxylic acids is 2. The third-order valence-corrected chi connectivity index (χ3v) is 3.55. The zero-order valence-corrected chi connectivity index (χ0v) is 12.9. The molecule has 1 amide bonds. The van der Waals surface area contributed by atoms with E-state index in [0.29, 0.717) is 17.0 Å². The molecule has 3 rings (SSSR count). The topological polar surface area (TPSA) is 81.4 Å². The molecular formula is C19H16N2O3. The molecule has 0 spiro atoms. The van der Waals surface area contributed by atoms with Gasteiger partial charge in [0, 0.05) is 11.3 Å². The van der Waals surface area contributed by atoms with Crippen molar-refractivity contribution in [2.45, 2.75) is 0 Å². The van der Waals surface area contributed by atoms with E-state index in [1.165, 1.54) is 0 Å². The van der Waals surface area contributed by atoms with Gasteiger partial charge in [-0.15, -0.1) is 0 Å². The van der Waals surface area contributed by atoms with Crippen LogP contribution in [0.5, 0.6) is 5.75 Å². The van der Waals surface area contributed by atoms with Gasteiger partial charge in [0.2, 0.25) is 0 Å². The number of hydrogen-bond donors (Lipinski definition) is 2. The van der Waals surface area contributed by atoms with Crippen LogP contribution in [0.4, 0.5) is 10.5 Å². The molecule has 120 valence electrons. The molecule has 0 bridgehead atoms. The fourth-order valence-corrected chi connectivity index (χ4v) is 2.37. The van der Waals surface area contributed by atoms with Crippen LogP contribution >= 0.6 is 0 Å². The van der Waals surface area contributed by atoms with Crippen molar-refractivity contribution in [1.29, 1.82) is 0 Å². The molecular weight excluding hydrogens is 304 g/mol. The summed E-state index contributed by atoms with van der Waals surface area (Å²) in [7, 11) is 0. The van der Waals surface area contributed by atoms with Crippen LogP contribution < -0.4 is 15.8 Å². The zero-order valence-electron chi connectivity index (χ0n) is 12.9. The number of Topliss-reactive ketones (excluding diaryl/α,β-unsaturated/α-hetero) is 1. The zero-order chi connectivity index (χ0) is 16.9. The minimum atomic E-state index is -0.623. The van der Waals surface area contributed by atoms with Crippen molar-refractivity contribution in [1.82, 2.24) is 0 Å². The third kappa shape index (κ3) is 3.59. The van der Waals surface area contributed by atoms with Crippen molar-refractivity contribution in [2.24, 2.45) is 5.73 Å². The smallest absolute Gasteiger partial charge is 0.410 e. The average molecular weight is 320 g/mol. The predicted molar refractivity (Wildman–Crippen MR) is 93.4 cm³/mol. The number of ether oxygens (including phenoxy) is 1.